The summed E-state index contributed by atoms with van der Waals surface area (Å²) in [6.45, 7) is 0.206. The number of likely N-dealkylation sites (tertiary alicyclic amines) is 1. The maximum atomic E-state index is 10.7. The highest BCUT2D eigenvalue weighted by atomic mass is 16.5. The van der Waals surface area contributed by atoms with Crippen molar-refractivity contribution in [3.63, 3.8) is 0 Å². The van der Waals surface area contributed by atoms with Crippen LogP contribution >= 0.6 is 0 Å². The molecule has 5 heteroatoms. The van der Waals surface area contributed by atoms with Gasteiger partial charge in [-0.25, -0.2) is 0 Å². The SMILES string of the molecule is O=C1C(O)CCN1C(O)O. The van der Waals surface area contributed by atoms with E-state index in [2.05, 4.69) is 0 Å². The zero-order valence-corrected chi connectivity index (χ0v) is 5.27. The molecule has 1 aliphatic heterocycles. The van der Waals surface area contributed by atoms with Crippen LogP contribution in [0.15, 0.2) is 0 Å². The molecule has 1 unspecified atom stereocenters. The lowest BCUT2D eigenvalue weighted by atomic mass is 10.3. The first kappa shape index (κ1) is 7.46. The molecule has 0 spiro atoms. The molecule has 1 amide bonds. The van der Waals surface area contributed by atoms with E-state index in [4.69, 9.17) is 15.3 Å². The molecule has 5 nitrogen and oxygen atoms in total. The zero-order chi connectivity index (χ0) is 7.72. The van der Waals surface area contributed by atoms with E-state index in [0.29, 0.717) is 0 Å². The summed E-state index contributed by atoms with van der Waals surface area (Å²) in [5.41, 5.74) is 0. The van der Waals surface area contributed by atoms with Crippen molar-refractivity contribution in [3.05, 3.63) is 0 Å². The normalized spacial score (nSPS) is 26.6. The Hall–Kier alpha value is -0.650. The van der Waals surface area contributed by atoms with E-state index in [9.17, 15) is 4.79 Å². The number of aliphatic hydroxyl groups excluding tert-OH is 2. The number of rotatable bonds is 1. The van der Waals surface area contributed by atoms with Gasteiger partial charge in [0.2, 0.25) is 6.41 Å². The predicted octanol–water partition coefficient (Wildman–Crippen LogP) is -2.15. The molecule has 0 radical (unpaired) electrons. The second-order valence-electron chi connectivity index (χ2n) is 2.18. The van der Waals surface area contributed by atoms with E-state index in [-0.39, 0.29) is 13.0 Å². The van der Waals surface area contributed by atoms with E-state index >= 15 is 0 Å². The van der Waals surface area contributed by atoms with Gasteiger partial charge in [-0.1, -0.05) is 0 Å². The number of aliphatic hydroxyl groups is 3. The summed E-state index contributed by atoms with van der Waals surface area (Å²) in [5.74, 6) is -0.616. The molecule has 0 aromatic carbocycles. The van der Waals surface area contributed by atoms with E-state index in [1.807, 2.05) is 0 Å². The summed E-state index contributed by atoms with van der Waals surface area (Å²) in [5, 5.41) is 25.8. The van der Waals surface area contributed by atoms with E-state index in [0.717, 1.165) is 4.90 Å². The highest BCUT2D eigenvalue weighted by Gasteiger charge is 2.32. The van der Waals surface area contributed by atoms with Crippen LogP contribution in [0.4, 0.5) is 0 Å². The molecule has 1 rings (SSSR count). The van der Waals surface area contributed by atoms with Crippen molar-refractivity contribution in [2.45, 2.75) is 18.9 Å². The minimum Gasteiger partial charge on any atom is -0.383 e. The smallest absolute Gasteiger partial charge is 0.255 e. The van der Waals surface area contributed by atoms with E-state index in [1.54, 1.807) is 0 Å². The number of hydrogen-bond acceptors (Lipinski definition) is 4. The maximum absolute atomic E-state index is 10.7. The van der Waals surface area contributed by atoms with Crippen molar-refractivity contribution >= 4 is 5.91 Å². The Kier molecular flexibility index (Phi) is 1.89. The molecule has 1 heterocycles. The number of hydrogen-bond donors (Lipinski definition) is 3. The van der Waals surface area contributed by atoms with Crippen LogP contribution in [0.2, 0.25) is 0 Å². The quantitative estimate of drug-likeness (QED) is 0.369. The fraction of sp³-hybridized carbons (Fsp3) is 0.800. The average Bonchev–Trinajstić information content (AvgIpc) is 2.14. The summed E-state index contributed by atoms with van der Waals surface area (Å²) in [4.78, 5) is 11.5. The van der Waals surface area contributed by atoms with Crippen LogP contribution in [-0.4, -0.2) is 45.2 Å². The number of amides is 1. The average molecular weight is 147 g/mol. The largest absolute Gasteiger partial charge is 0.383 e. The fourth-order valence-electron chi connectivity index (χ4n) is 0.916. The molecule has 1 aliphatic rings. The zero-order valence-electron chi connectivity index (χ0n) is 5.27. The standard InChI is InChI=1S/C5H9NO4/c7-3-1-2-6(4(3)8)5(9)10/h3,5,7,9-10H,1-2H2. The van der Waals surface area contributed by atoms with Crippen molar-refractivity contribution in [2.75, 3.05) is 6.54 Å². The molecule has 0 bridgehead atoms. The Labute approximate surface area is 57.5 Å². The lowest BCUT2D eigenvalue weighted by molar-refractivity contribution is -0.173. The molecule has 0 aromatic heterocycles. The summed E-state index contributed by atoms with van der Waals surface area (Å²) in [6, 6.07) is 0. The molecule has 1 saturated heterocycles. The van der Waals surface area contributed by atoms with E-state index in [1.165, 1.54) is 0 Å². The minimum absolute atomic E-state index is 0.206. The van der Waals surface area contributed by atoms with Crippen molar-refractivity contribution < 1.29 is 20.1 Å². The first-order chi connectivity index (χ1) is 4.63. The van der Waals surface area contributed by atoms with Gasteiger partial charge in [0.1, 0.15) is 6.10 Å². The van der Waals surface area contributed by atoms with Crippen LogP contribution in [0.25, 0.3) is 0 Å². The Bertz CT molecular complexity index is 147. The number of carbonyl (C=O) groups is 1. The van der Waals surface area contributed by atoms with Gasteiger partial charge in [0.15, 0.2) is 0 Å². The third-order valence-electron chi connectivity index (χ3n) is 1.49. The topological polar surface area (TPSA) is 81.0 Å². The highest BCUT2D eigenvalue weighted by molar-refractivity contribution is 5.82. The van der Waals surface area contributed by atoms with Crippen LogP contribution in [0.1, 0.15) is 6.42 Å². The Morgan fingerprint density at radius 2 is 2.20 bits per heavy atom. The van der Waals surface area contributed by atoms with Gasteiger partial charge in [-0.3, -0.25) is 9.69 Å². The molecule has 0 aliphatic carbocycles. The van der Waals surface area contributed by atoms with Gasteiger partial charge in [-0.2, -0.15) is 0 Å². The number of nitrogens with zero attached hydrogens (tertiary/aromatic N) is 1. The minimum atomic E-state index is -1.77. The summed E-state index contributed by atoms with van der Waals surface area (Å²) in [7, 11) is 0. The van der Waals surface area contributed by atoms with Gasteiger partial charge in [0, 0.05) is 13.0 Å². The first-order valence-corrected chi connectivity index (χ1v) is 2.97. The van der Waals surface area contributed by atoms with Gasteiger partial charge in [0.25, 0.3) is 5.91 Å². The van der Waals surface area contributed by atoms with Crippen molar-refractivity contribution in [3.8, 4) is 0 Å². The fourth-order valence-corrected chi connectivity index (χ4v) is 0.916. The summed E-state index contributed by atoms with van der Waals surface area (Å²) < 4.78 is 0. The number of carbonyl (C=O) groups excluding carboxylic acids is 1. The molecule has 10 heavy (non-hydrogen) atoms. The molecular weight excluding hydrogens is 138 g/mol. The Morgan fingerprint density at radius 3 is 2.40 bits per heavy atom. The maximum Gasteiger partial charge on any atom is 0.255 e. The van der Waals surface area contributed by atoms with Crippen LogP contribution < -0.4 is 0 Å². The molecule has 0 saturated carbocycles. The van der Waals surface area contributed by atoms with E-state index < -0.39 is 18.4 Å². The van der Waals surface area contributed by atoms with Crippen LogP contribution in [0, 0.1) is 0 Å². The molecule has 1 fully saturated rings. The summed E-state index contributed by atoms with van der Waals surface area (Å²) >= 11 is 0. The van der Waals surface area contributed by atoms with Gasteiger partial charge in [0.05, 0.1) is 0 Å². The second kappa shape index (κ2) is 2.53. The van der Waals surface area contributed by atoms with Crippen LogP contribution in [-0.2, 0) is 4.79 Å². The van der Waals surface area contributed by atoms with Crippen LogP contribution in [0.3, 0.4) is 0 Å². The lowest BCUT2D eigenvalue weighted by Crippen LogP contribution is -2.38. The molecule has 58 valence electrons. The molecule has 3 N–H and O–H groups in total. The Morgan fingerprint density at radius 1 is 1.60 bits per heavy atom. The lowest BCUT2D eigenvalue weighted by Gasteiger charge is -2.16. The van der Waals surface area contributed by atoms with Crippen molar-refractivity contribution in [1.29, 1.82) is 0 Å². The summed E-state index contributed by atoms with van der Waals surface area (Å²) in [6.07, 6.45) is -2.55. The predicted molar refractivity (Wildman–Crippen MR) is 30.6 cm³/mol. The Balaban J connectivity index is 2.57. The van der Waals surface area contributed by atoms with Crippen LogP contribution in [0.5, 0.6) is 0 Å². The van der Waals surface area contributed by atoms with Gasteiger partial charge in [-0.15, -0.1) is 0 Å². The van der Waals surface area contributed by atoms with Crippen molar-refractivity contribution in [2.24, 2.45) is 0 Å². The highest BCUT2D eigenvalue weighted by Crippen LogP contribution is 2.11. The second-order valence-corrected chi connectivity index (χ2v) is 2.18. The van der Waals surface area contributed by atoms with Crippen molar-refractivity contribution in [1.82, 2.24) is 4.90 Å². The monoisotopic (exact) mass is 147 g/mol. The van der Waals surface area contributed by atoms with Gasteiger partial charge >= 0.3 is 0 Å². The molecular formula is C5H9NO4. The third-order valence-corrected chi connectivity index (χ3v) is 1.49. The first-order valence-electron chi connectivity index (χ1n) is 2.97. The third kappa shape index (κ3) is 1.11. The molecule has 0 aromatic rings. The van der Waals surface area contributed by atoms with Gasteiger partial charge < -0.3 is 15.3 Å². The van der Waals surface area contributed by atoms with Gasteiger partial charge in [-0.05, 0) is 0 Å². The molecule has 1 atom stereocenters.